The van der Waals surface area contributed by atoms with Gasteiger partial charge >= 0.3 is 0 Å². The first-order valence-electron chi connectivity index (χ1n) is 8.89. The molecule has 1 saturated carbocycles. The Balaban J connectivity index is 1.67. The van der Waals surface area contributed by atoms with E-state index in [-0.39, 0.29) is 12.1 Å². The molecule has 0 radical (unpaired) electrons. The van der Waals surface area contributed by atoms with Crippen molar-refractivity contribution in [3.63, 3.8) is 0 Å². The largest absolute Gasteiger partial charge is 0.381 e. The van der Waals surface area contributed by atoms with Gasteiger partial charge in [0.05, 0.1) is 4.90 Å². The molecule has 1 aromatic carbocycles. The molecular formula is C18H25NO3S. The minimum absolute atomic E-state index is 0.109. The molecule has 0 spiro atoms. The summed E-state index contributed by atoms with van der Waals surface area (Å²) in [6, 6.07) is 6.12. The van der Waals surface area contributed by atoms with Crippen LogP contribution in [0.1, 0.15) is 49.7 Å². The molecule has 4 nitrogen and oxygen atoms in total. The van der Waals surface area contributed by atoms with Crippen LogP contribution in [0.15, 0.2) is 23.1 Å². The van der Waals surface area contributed by atoms with E-state index in [0.29, 0.717) is 18.1 Å². The minimum Gasteiger partial charge on any atom is -0.381 e. The second-order valence-electron chi connectivity index (χ2n) is 7.05. The molecule has 5 heteroatoms. The third-order valence-corrected chi connectivity index (χ3v) is 7.35. The summed E-state index contributed by atoms with van der Waals surface area (Å²) in [6.45, 7) is 1.35. The van der Waals surface area contributed by atoms with E-state index in [2.05, 4.69) is 0 Å². The fourth-order valence-electron chi connectivity index (χ4n) is 3.95. The fourth-order valence-corrected chi connectivity index (χ4v) is 5.93. The zero-order valence-corrected chi connectivity index (χ0v) is 14.4. The molecule has 0 atom stereocenters. The highest BCUT2D eigenvalue weighted by Crippen LogP contribution is 2.37. The van der Waals surface area contributed by atoms with Gasteiger partial charge in [0.25, 0.3) is 0 Å². The van der Waals surface area contributed by atoms with E-state index < -0.39 is 10.0 Å². The fraction of sp³-hybridized carbons (Fsp3) is 0.667. The number of hydrogen-bond acceptors (Lipinski definition) is 3. The Morgan fingerprint density at radius 2 is 1.57 bits per heavy atom. The smallest absolute Gasteiger partial charge is 0.243 e. The van der Waals surface area contributed by atoms with Crippen molar-refractivity contribution in [1.29, 1.82) is 0 Å². The molecular weight excluding hydrogens is 310 g/mol. The molecule has 1 heterocycles. The molecule has 1 aromatic rings. The Morgan fingerprint density at radius 1 is 0.913 bits per heavy atom. The molecule has 3 aliphatic rings. The summed E-state index contributed by atoms with van der Waals surface area (Å²) < 4.78 is 33.8. The Bertz CT molecular complexity index is 676. The average molecular weight is 335 g/mol. The number of ether oxygens (including phenoxy) is 1. The average Bonchev–Trinajstić information content (AvgIpc) is 3.40. The predicted octanol–water partition coefficient (Wildman–Crippen LogP) is 2.90. The lowest BCUT2D eigenvalue weighted by Crippen LogP contribution is -2.44. The highest BCUT2D eigenvalue weighted by molar-refractivity contribution is 7.89. The Labute approximate surface area is 138 Å². The van der Waals surface area contributed by atoms with Crippen molar-refractivity contribution < 1.29 is 13.2 Å². The van der Waals surface area contributed by atoms with Crippen molar-refractivity contribution in [2.45, 2.75) is 68.3 Å². The van der Waals surface area contributed by atoms with Gasteiger partial charge in [-0.1, -0.05) is 6.07 Å². The van der Waals surface area contributed by atoms with E-state index in [1.54, 1.807) is 0 Å². The van der Waals surface area contributed by atoms with E-state index in [0.717, 1.165) is 38.5 Å². The first kappa shape index (κ1) is 15.6. The second-order valence-corrected chi connectivity index (χ2v) is 8.89. The molecule has 0 unspecified atom stereocenters. The van der Waals surface area contributed by atoms with Gasteiger partial charge in [0.15, 0.2) is 0 Å². The van der Waals surface area contributed by atoms with E-state index in [1.807, 2.05) is 22.5 Å². The van der Waals surface area contributed by atoms with Gasteiger partial charge in [0.1, 0.15) is 0 Å². The topological polar surface area (TPSA) is 46.6 Å². The Kier molecular flexibility index (Phi) is 4.20. The highest BCUT2D eigenvalue weighted by Gasteiger charge is 2.43. The molecule has 0 bridgehead atoms. The molecule has 0 amide bonds. The van der Waals surface area contributed by atoms with E-state index in [1.165, 1.54) is 24.0 Å². The van der Waals surface area contributed by atoms with Crippen molar-refractivity contribution in [1.82, 2.24) is 4.31 Å². The summed E-state index contributed by atoms with van der Waals surface area (Å²) in [6.07, 6.45) is 8.13. The molecule has 1 saturated heterocycles. The van der Waals surface area contributed by atoms with E-state index in [4.69, 9.17) is 4.74 Å². The highest BCUT2D eigenvalue weighted by atomic mass is 32.2. The summed E-state index contributed by atoms with van der Waals surface area (Å²) in [5.41, 5.74) is 2.57. The maximum absolute atomic E-state index is 13.3. The van der Waals surface area contributed by atoms with Gasteiger partial charge in [0.2, 0.25) is 10.0 Å². The number of nitrogens with zero attached hydrogens (tertiary/aromatic N) is 1. The molecule has 1 aliphatic heterocycles. The quantitative estimate of drug-likeness (QED) is 0.850. The number of aryl methyl sites for hydroxylation is 2. The van der Waals surface area contributed by atoms with Crippen LogP contribution in [0.25, 0.3) is 0 Å². The van der Waals surface area contributed by atoms with Crippen LogP contribution in [0.5, 0.6) is 0 Å². The van der Waals surface area contributed by atoms with E-state index >= 15 is 0 Å². The molecule has 0 N–H and O–H groups in total. The number of rotatable bonds is 4. The number of sulfonamides is 1. The van der Waals surface area contributed by atoms with Gasteiger partial charge in [-0.3, -0.25) is 0 Å². The molecule has 23 heavy (non-hydrogen) atoms. The zero-order chi connectivity index (χ0) is 15.9. The lowest BCUT2D eigenvalue weighted by atomic mass is 9.92. The lowest BCUT2D eigenvalue weighted by molar-refractivity contribution is 0.0569. The third-order valence-electron chi connectivity index (χ3n) is 5.35. The summed E-state index contributed by atoms with van der Waals surface area (Å²) in [5, 5.41) is 0. The lowest BCUT2D eigenvalue weighted by Gasteiger charge is -2.33. The first-order valence-corrected chi connectivity index (χ1v) is 10.3. The summed E-state index contributed by atoms with van der Waals surface area (Å²) in [4.78, 5) is 0.497. The second kappa shape index (κ2) is 6.19. The Morgan fingerprint density at radius 3 is 2.26 bits per heavy atom. The van der Waals surface area contributed by atoms with Crippen LogP contribution in [0.4, 0.5) is 0 Å². The van der Waals surface area contributed by atoms with Crippen LogP contribution in [0, 0.1) is 0 Å². The van der Waals surface area contributed by atoms with Gasteiger partial charge in [-0.05, 0) is 74.6 Å². The van der Waals surface area contributed by atoms with Crippen LogP contribution >= 0.6 is 0 Å². The molecule has 2 aliphatic carbocycles. The van der Waals surface area contributed by atoms with Gasteiger partial charge in [0, 0.05) is 25.3 Å². The van der Waals surface area contributed by atoms with Gasteiger partial charge < -0.3 is 4.74 Å². The van der Waals surface area contributed by atoms with Crippen molar-refractivity contribution in [2.24, 2.45) is 0 Å². The van der Waals surface area contributed by atoms with Crippen LogP contribution in [-0.4, -0.2) is 38.0 Å². The Hall–Kier alpha value is -0.910. The number of benzene rings is 1. The van der Waals surface area contributed by atoms with Crippen LogP contribution in [-0.2, 0) is 27.6 Å². The maximum Gasteiger partial charge on any atom is 0.243 e. The van der Waals surface area contributed by atoms with Gasteiger partial charge in [-0.15, -0.1) is 0 Å². The summed E-state index contributed by atoms with van der Waals surface area (Å²) >= 11 is 0. The van der Waals surface area contributed by atoms with Crippen molar-refractivity contribution in [3.8, 4) is 0 Å². The van der Waals surface area contributed by atoms with Crippen LogP contribution < -0.4 is 0 Å². The first-order chi connectivity index (χ1) is 11.2. The number of fused-ring (bicyclic) bond motifs is 1. The summed E-state index contributed by atoms with van der Waals surface area (Å²) in [5.74, 6) is 0. The molecule has 4 rings (SSSR count). The van der Waals surface area contributed by atoms with Gasteiger partial charge in [-0.25, -0.2) is 8.42 Å². The maximum atomic E-state index is 13.3. The number of hydrogen-bond donors (Lipinski definition) is 0. The van der Waals surface area contributed by atoms with Crippen LogP contribution in [0.2, 0.25) is 0 Å². The molecule has 0 aromatic heterocycles. The predicted molar refractivity (Wildman–Crippen MR) is 89.0 cm³/mol. The van der Waals surface area contributed by atoms with Crippen molar-refractivity contribution >= 4 is 10.0 Å². The van der Waals surface area contributed by atoms with Gasteiger partial charge in [-0.2, -0.15) is 4.31 Å². The van der Waals surface area contributed by atoms with Crippen molar-refractivity contribution in [2.75, 3.05) is 13.2 Å². The van der Waals surface area contributed by atoms with E-state index in [9.17, 15) is 8.42 Å². The molecule has 126 valence electrons. The minimum atomic E-state index is -3.39. The summed E-state index contributed by atoms with van der Waals surface area (Å²) in [7, 11) is -3.39. The third kappa shape index (κ3) is 3.06. The van der Waals surface area contributed by atoms with Crippen molar-refractivity contribution in [3.05, 3.63) is 29.3 Å². The zero-order valence-electron chi connectivity index (χ0n) is 13.5. The molecule has 2 fully saturated rings. The SMILES string of the molecule is O=S(=O)(c1ccc2c(c1)CCCC2)N(C1CCOCC1)C1CC1. The van der Waals surface area contributed by atoms with Crippen LogP contribution in [0.3, 0.4) is 0 Å². The normalized spacial score (nSPS) is 23.0. The standard InChI is InChI=1S/C18H25NO3S/c20-23(21,18-8-5-14-3-1-2-4-15(14)13-18)19(16-6-7-16)17-9-11-22-12-10-17/h5,8,13,16-17H,1-4,6-7,9-12H2. The monoisotopic (exact) mass is 335 g/mol.